The van der Waals surface area contributed by atoms with Crippen LogP contribution in [0.1, 0.15) is 53.1 Å². The highest BCUT2D eigenvalue weighted by Gasteiger charge is 2.54. The number of benzene rings is 1. The lowest BCUT2D eigenvalue weighted by Crippen LogP contribution is -2.66. The topological polar surface area (TPSA) is 101 Å². The molecule has 2 aliphatic rings. The molecule has 0 bridgehead atoms. The first-order chi connectivity index (χ1) is 15.7. The number of carbonyl (C=O) groups excluding carboxylic acids is 2. The van der Waals surface area contributed by atoms with Crippen LogP contribution in [-0.2, 0) is 17.8 Å². The van der Waals surface area contributed by atoms with Gasteiger partial charge in [0.2, 0.25) is 5.43 Å². The van der Waals surface area contributed by atoms with Gasteiger partial charge in [-0.15, -0.1) is 0 Å². The third-order valence-corrected chi connectivity index (χ3v) is 6.68. The first-order valence-electron chi connectivity index (χ1n) is 10.8. The number of aromatic hydroxyl groups is 1. The quantitative estimate of drug-likeness (QED) is 0.666. The lowest BCUT2D eigenvalue weighted by atomic mass is 9.71. The fraction of sp³-hybridized carbons (Fsp3) is 0.435. The maximum atomic E-state index is 14.1. The molecule has 1 spiro atoms. The number of hydrogen-bond donors (Lipinski definition) is 2. The maximum absolute atomic E-state index is 14.1. The molecule has 0 saturated heterocycles. The van der Waals surface area contributed by atoms with Gasteiger partial charge in [-0.3, -0.25) is 14.4 Å². The fourth-order valence-corrected chi connectivity index (χ4v) is 5.03. The van der Waals surface area contributed by atoms with Crippen molar-refractivity contribution in [1.82, 2.24) is 14.8 Å². The number of fused-ring (bicyclic) bond motifs is 1. The van der Waals surface area contributed by atoms with Crippen molar-refractivity contribution in [3.63, 3.8) is 0 Å². The Labute approximate surface area is 194 Å². The van der Waals surface area contributed by atoms with E-state index in [2.05, 4.69) is 5.32 Å². The van der Waals surface area contributed by atoms with Crippen molar-refractivity contribution in [2.24, 2.45) is 0 Å². The van der Waals surface area contributed by atoms with Crippen molar-refractivity contribution in [2.75, 3.05) is 13.2 Å². The second-order valence-electron chi connectivity index (χ2n) is 8.35. The number of carbonyl (C=O) groups is 2. The van der Waals surface area contributed by atoms with E-state index in [9.17, 15) is 23.9 Å². The van der Waals surface area contributed by atoms with E-state index in [0.29, 0.717) is 32.5 Å². The fourth-order valence-electron chi connectivity index (χ4n) is 4.83. The molecule has 2 heterocycles. The molecule has 33 heavy (non-hydrogen) atoms. The third kappa shape index (κ3) is 3.89. The Balaban J connectivity index is 1.63. The number of ether oxygens (including phenoxy) is 1. The highest BCUT2D eigenvalue weighted by atomic mass is 35.5. The van der Waals surface area contributed by atoms with Gasteiger partial charge in [-0.05, 0) is 32.8 Å². The minimum atomic E-state index is -0.952. The number of nitrogens with one attached hydrogen (secondary N) is 1. The van der Waals surface area contributed by atoms with Crippen LogP contribution in [0, 0.1) is 5.82 Å². The number of amides is 2. The Morgan fingerprint density at radius 2 is 2.06 bits per heavy atom. The molecule has 1 aromatic heterocycles. The van der Waals surface area contributed by atoms with Crippen LogP contribution in [-0.4, -0.2) is 51.2 Å². The predicted octanol–water partition coefficient (Wildman–Crippen LogP) is 2.69. The Bertz CT molecular complexity index is 1180. The Hall–Kier alpha value is -2.91. The monoisotopic (exact) mass is 477 g/mol. The lowest BCUT2D eigenvalue weighted by molar-refractivity contribution is -0.103. The number of halogens is 2. The molecule has 4 rings (SSSR count). The average Bonchev–Trinajstić information content (AvgIpc) is 2.76. The zero-order valence-electron chi connectivity index (χ0n) is 18.4. The summed E-state index contributed by atoms with van der Waals surface area (Å²) in [6.45, 7) is 4.86. The largest absolute Gasteiger partial charge is 0.503 e. The molecular formula is C23H25ClFN3O5. The Kier molecular flexibility index (Phi) is 6.20. The van der Waals surface area contributed by atoms with Gasteiger partial charge in [-0.2, -0.15) is 0 Å². The van der Waals surface area contributed by atoms with Gasteiger partial charge in [0, 0.05) is 38.0 Å². The summed E-state index contributed by atoms with van der Waals surface area (Å²) in [4.78, 5) is 40.3. The van der Waals surface area contributed by atoms with E-state index in [0.717, 1.165) is 0 Å². The van der Waals surface area contributed by atoms with Crippen molar-refractivity contribution in [3.05, 3.63) is 62.3 Å². The van der Waals surface area contributed by atoms with Gasteiger partial charge in [0.25, 0.3) is 11.8 Å². The Morgan fingerprint density at radius 3 is 2.73 bits per heavy atom. The van der Waals surface area contributed by atoms with Crippen LogP contribution in [0.4, 0.5) is 4.39 Å². The summed E-state index contributed by atoms with van der Waals surface area (Å²) in [5.41, 5.74) is -1.76. The van der Waals surface area contributed by atoms with E-state index in [-0.39, 0.29) is 34.5 Å². The molecule has 0 unspecified atom stereocenters. The minimum absolute atomic E-state index is 0.0294. The third-order valence-electron chi connectivity index (χ3n) is 6.39. The summed E-state index contributed by atoms with van der Waals surface area (Å²) in [7, 11) is 0. The molecule has 2 N–H and O–H groups in total. The van der Waals surface area contributed by atoms with Gasteiger partial charge in [0.15, 0.2) is 11.4 Å². The summed E-state index contributed by atoms with van der Waals surface area (Å²) < 4.78 is 21.3. The molecule has 8 nitrogen and oxygen atoms in total. The first-order valence-corrected chi connectivity index (χ1v) is 11.2. The van der Waals surface area contributed by atoms with E-state index in [1.807, 2.05) is 13.8 Å². The van der Waals surface area contributed by atoms with Gasteiger partial charge in [-0.1, -0.05) is 23.7 Å². The number of hydrogen-bond acceptors (Lipinski definition) is 5. The summed E-state index contributed by atoms with van der Waals surface area (Å²) in [6, 6.07) is 4.40. The van der Waals surface area contributed by atoms with Gasteiger partial charge < -0.3 is 24.6 Å². The first kappa shape index (κ1) is 23.3. The standard InChI is InChI=1S/C23H25ClFN3O5/c1-3-28-22(32)18-20(30)19(29)15(11-27(18)12-23(28)8-14(9-23)33-4-2)21(31)26-10-13-6-5-7-16(24)17(13)25/h5-7,11,14,30H,3-4,8-10,12H2,1-2H3,(H,26,31). The lowest BCUT2D eigenvalue weighted by Gasteiger charge is -2.56. The molecule has 176 valence electrons. The van der Waals surface area contributed by atoms with Crippen LogP contribution in [0.15, 0.2) is 29.2 Å². The van der Waals surface area contributed by atoms with Crippen LogP contribution >= 0.6 is 11.6 Å². The van der Waals surface area contributed by atoms with Crippen molar-refractivity contribution >= 4 is 23.4 Å². The van der Waals surface area contributed by atoms with Gasteiger partial charge >= 0.3 is 0 Å². The Morgan fingerprint density at radius 1 is 1.33 bits per heavy atom. The van der Waals surface area contributed by atoms with E-state index >= 15 is 0 Å². The number of nitrogens with zero attached hydrogens (tertiary/aromatic N) is 2. The highest BCUT2D eigenvalue weighted by molar-refractivity contribution is 6.30. The number of pyridine rings is 1. The average molecular weight is 478 g/mol. The predicted molar refractivity (Wildman–Crippen MR) is 119 cm³/mol. The SMILES string of the molecule is CCOC1CC2(C1)Cn1cc(C(=O)NCc3cccc(Cl)c3F)c(=O)c(O)c1C(=O)N2CC. The zero-order chi connectivity index (χ0) is 23.9. The van der Waals surface area contributed by atoms with Crippen molar-refractivity contribution < 1.29 is 23.8 Å². The second-order valence-corrected chi connectivity index (χ2v) is 8.76. The van der Waals surface area contributed by atoms with E-state index in [1.165, 1.54) is 22.9 Å². The summed E-state index contributed by atoms with van der Waals surface area (Å²) in [5, 5.41) is 13.0. The molecule has 1 aromatic carbocycles. The molecule has 2 amide bonds. The molecule has 1 saturated carbocycles. The maximum Gasteiger partial charge on any atom is 0.275 e. The molecule has 1 aliphatic heterocycles. The van der Waals surface area contributed by atoms with Crippen molar-refractivity contribution in [3.8, 4) is 5.75 Å². The van der Waals surface area contributed by atoms with E-state index < -0.39 is 34.3 Å². The smallest absolute Gasteiger partial charge is 0.275 e. The van der Waals surface area contributed by atoms with E-state index in [4.69, 9.17) is 16.3 Å². The number of aromatic nitrogens is 1. The minimum Gasteiger partial charge on any atom is -0.503 e. The molecule has 1 aliphatic carbocycles. The zero-order valence-corrected chi connectivity index (χ0v) is 19.1. The normalized spacial score (nSPS) is 21.6. The van der Waals surface area contributed by atoms with Crippen LogP contribution in [0.5, 0.6) is 5.75 Å². The van der Waals surface area contributed by atoms with Gasteiger partial charge in [0.05, 0.1) is 16.7 Å². The van der Waals surface area contributed by atoms with Gasteiger partial charge in [0.1, 0.15) is 11.4 Å². The molecule has 2 aromatic rings. The molecule has 0 radical (unpaired) electrons. The van der Waals surface area contributed by atoms with E-state index in [1.54, 1.807) is 11.0 Å². The van der Waals surface area contributed by atoms with Crippen LogP contribution in [0.3, 0.4) is 0 Å². The molecular weight excluding hydrogens is 453 g/mol. The highest BCUT2D eigenvalue weighted by Crippen LogP contribution is 2.44. The van der Waals surface area contributed by atoms with Crippen molar-refractivity contribution in [1.29, 1.82) is 0 Å². The molecule has 10 heteroatoms. The number of likely N-dealkylation sites (N-methyl/N-ethyl adjacent to an activating group) is 1. The van der Waals surface area contributed by atoms with Crippen LogP contribution < -0.4 is 10.7 Å². The summed E-state index contributed by atoms with van der Waals surface area (Å²) in [6.07, 6.45) is 2.58. The second kappa shape index (κ2) is 8.79. The summed E-state index contributed by atoms with van der Waals surface area (Å²) >= 11 is 5.77. The van der Waals surface area contributed by atoms with Crippen LogP contribution in [0.2, 0.25) is 5.02 Å². The van der Waals surface area contributed by atoms with Crippen molar-refractivity contribution in [2.45, 2.75) is 51.4 Å². The summed E-state index contributed by atoms with van der Waals surface area (Å²) in [5.74, 6) is -2.67. The number of rotatable bonds is 6. The molecule has 1 fully saturated rings. The van der Waals surface area contributed by atoms with Crippen LogP contribution in [0.25, 0.3) is 0 Å². The van der Waals surface area contributed by atoms with Gasteiger partial charge in [-0.25, -0.2) is 4.39 Å². The molecule has 0 atom stereocenters.